The molecule has 144 valence electrons. The highest BCUT2D eigenvalue weighted by Crippen LogP contribution is 2.35. The van der Waals surface area contributed by atoms with Crippen molar-refractivity contribution in [2.24, 2.45) is 0 Å². The molecule has 0 bridgehead atoms. The SMILES string of the molecule is CCOC(=O)c1cc(C(F)(F)F)c(CN2CCN(C(=O)O)CC2)cc1N. The maximum atomic E-state index is 13.4. The van der Waals surface area contributed by atoms with Crippen molar-refractivity contribution in [3.05, 3.63) is 28.8 Å². The number of nitrogen functional groups attached to an aromatic ring is 1. The van der Waals surface area contributed by atoms with E-state index in [9.17, 15) is 22.8 Å². The van der Waals surface area contributed by atoms with E-state index in [4.69, 9.17) is 15.6 Å². The number of nitrogens with zero attached hydrogens (tertiary/aromatic N) is 2. The van der Waals surface area contributed by atoms with Crippen LogP contribution in [-0.4, -0.2) is 59.8 Å². The molecule has 1 fully saturated rings. The average Bonchev–Trinajstić information content (AvgIpc) is 2.54. The highest BCUT2D eigenvalue weighted by atomic mass is 19.4. The monoisotopic (exact) mass is 375 g/mol. The third kappa shape index (κ3) is 4.57. The lowest BCUT2D eigenvalue weighted by Gasteiger charge is -2.33. The standard InChI is InChI=1S/C16H20F3N3O4/c1-2-26-14(23)11-8-12(16(17,18)19)10(7-13(11)20)9-21-3-5-22(6-4-21)15(24)25/h7-8H,2-6,9,20H2,1H3,(H,24,25). The van der Waals surface area contributed by atoms with E-state index in [1.807, 2.05) is 0 Å². The summed E-state index contributed by atoms with van der Waals surface area (Å²) >= 11 is 0. The second-order valence-electron chi connectivity index (χ2n) is 5.86. The topological polar surface area (TPSA) is 96.1 Å². The number of esters is 1. The first-order chi connectivity index (χ1) is 12.1. The van der Waals surface area contributed by atoms with Crippen molar-refractivity contribution < 1.29 is 32.6 Å². The van der Waals surface area contributed by atoms with E-state index in [1.54, 1.807) is 11.8 Å². The summed E-state index contributed by atoms with van der Waals surface area (Å²) in [6.07, 6.45) is -5.71. The number of amides is 1. The van der Waals surface area contributed by atoms with Crippen molar-refractivity contribution in [2.45, 2.75) is 19.6 Å². The van der Waals surface area contributed by atoms with Crippen LogP contribution in [0.1, 0.15) is 28.4 Å². The summed E-state index contributed by atoms with van der Waals surface area (Å²) < 4.78 is 45.0. The Morgan fingerprint density at radius 2 is 1.85 bits per heavy atom. The first kappa shape index (κ1) is 19.8. The van der Waals surface area contributed by atoms with Crippen molar-refractivity contribution >= 4 is 17.7 Å². The van der Waals surface area contributed by atoms with Crippen LogP contribution >= 0.6 is 0 Å². The summed E-state index contributed by atoms with van der Waals surface area (Å²) in [5, 5.41) is 8.93. The Morgan fingerprint density at radius 3 is 2.35 bits per heavy atom. The predicted molar refractivity (Wildman–Crippen MR) is 86.7 cm³/mol. The zero-order valence-corrected chi connectivity index (χ0v) is 14.2. The fourth-order valence-electron chi connectivity index (χ4n) is 2.78. The molecule has 0 aromatic heterocycles. The van der Waals surface area contributed by atoms with Gasteiger partial charge in [-0.15, -0.1) is 0 Å². The number of carbonyl (C=O) groups excluding carboxylic acids is 1. The lowest BCUT2D eigenvalue weighted by molar-refractivity contribution is -0.138. The Labute approximate surface area is 148 Å². The molecule has 0 unspecified atom stereocenters. The normalized spacial score (nSPS) is 15.8. The average molecular weight is 375 g/mol. The number of benzene rings is 1. The molecule has 3 N–H and O–H groups in total. The van der Waals surface area contributed by atoms with E-state index in [1.165, 1.54) is 4.90 Å². The van der Waals surface area contributed by atoms with E-state index in [2.05, 4.69) is 0 Å². The van der Waals surface area contributed by atoms with E-state index in [0.29, 0.717) is 13.1 Å². The number of ether oxygens (including phenoxy) is 1. The second-order valence-corrected chi connectivity index (χ2v) is 5.86. The number of rotatable bonds is 4. The fraction of sp³-hybridized carbons (Fsp3) is 0.500. The molecule has 1 heterocycles. The van der Waals surface area contributed by atoms with Gasteiger partial charge in [-0.3, -0.25) is 4.90 Å². The zero-order valence-electron chi connectivity index (χ0n) is 14.2. The van der Waals surface area contributed by atoms with E-state index in [-0.39, 0.29) is 43.1 Å². The molecule has 1 aromatic carbocycles. The zero-order chi connectivity index (χ0) is 19.5. The van der Waals surface area contributed by atoms with Crippen LogP contribution < -0.4 is 5.73 Å². The van der Waals surface area contributed by atoms with Crippen molar-refractivity contribution in [3.63, 3.8) is 0 Å². The van der Waals surface area contributed by atoms with Gasteiger partial charge in [0.05, 0.1) is 17.7 Å². The summed E-state index contributed by atoms with van der Waals surface area (Å²) in [7, 11) is 0. The summed E-state index contributed by atoms with van der Waals surface area (Å²) in [6.45, 7) is 2.57. The summed E-state index contributed by atoms with van der Waals surface area (Å²) in [4.78, 5) is 25.6. The minimum Gasteiger partial charge on any atom is -0.465 e. The van der Waals surface area contributed by atoms with Gasteiger partial charge in [-0.25, -0.2) is 9.59 Å². The first-order valence-corrected chi connectivity index (χ1v) is 8.00. The van der Waals surface area contributed by atoms with Gasteiger partial charge in [-0.2, -0.15) is 13.2 Å². The van der Waals surface area contributed by atoms with Gasteiger partial charge in [0.2, 0.25) is 0 Å². The van der Waals surface area contributed by atoms with E-state index in [0.717, 1.165) is 12.1 Å². The second kappa shape index (κ2) is 7.81. The molecular weight excluding hydrogens is 355 g/mol. The van der Waals surface area contributed by atoms with Gasteiger partial charge in [-0.05, 0) is 24.6 Å². The number of carbonyl (C=O) groups is 2. The van der Waals surface area contributed by atoms with Crippen LogP contribution in [0.3, 0.4) is 0 Å². The number of alkyl halides is 3. The van der Waals surface area contributed by atoms with Crippen molar-refractivity contribution in [1.29, 1.82) is 0 Å². The largest absolute Gasteiger partial charge is 0.465 e. The Morgan fingerprint density at radius 1 is 1.23 bits per heavy atom. The summed E-state index contributed by atoms with van der Waals surface area (Å²) in [6, 6.07) is 1.86. The molecule has 2 rings (SSSR count). The van der Waals surface area contributed by atoms with Gasteiger partial charge in [0, 0.05) is 38.4 Å². The van der Waals surface area contributed by atoms with Crippen molar-refractivity contribution in [2.75, 3.05) is 38.5 Å². The molecule has 0 saturated carbocycles. The summed E-state index contributed by atoms with van der Waals surface area (Å²) in [5.41, 5.74) is 4.34. The first-order valence-electron chi connectivity index (χ1n) is 8.00. The lowest BCUT2D eigenvalue weighted by Crippen LogP contribution is -2.47. The molecule has 1 aliphatic heterocycles. The minimum absolute atomic E-state index is 0.0230. The lowest BCUT2D eigenvalue weighted by atomic mass is 10.0. The maximum Gasteiger partial charge on any atom is 0.416 e. The van der Waals surface area contributed by atoms with Crippen LogP contribution in [0.25, 0.3) is 0 Å². The third-order valence-corrected chi connectivity index (χ3v) is 4.11. The number of hydrogen-bond donors (Lipinski definition) is 2. The third-order valence-electron chi connectivity index (χ3n) is 4.11. The molecule has 10 heteroatoms. The van der Waals surface area contributed by atoms with Gasteiger partial charge >= 0.3 is 18.2 Å². The Kier molecular flexibility index (Phi) is 5.96. The van der Waals surface area contributed by atoms with Crippen molar-refractivity contribution in [3.8, 4) is 0 Å². The van der Waals surface area contributed by atoms with Crippen LogP contribution in [-0.2, 0) is 17.5 Å². The van der Waals surface area contributed by atoms with Crippen LogP contribution in [0, 0.1) is 0 Å². The smallest absolute Gasteiger partial charge is 0.416 e. The Bertz CT molecular complexity index is 686. The maximum absolute atomic E-state index is 13.4. The highest BCUT2D eigenvalue weighted by molar-refractivity contribution is 5.95. The minimum atomic E-state index is -4.66. The molecule has 1 aromatic rings. The number of halogens is 3. The molecule has 1 saturated heterocycles. The van der Waals surface area contributed by atoms with Crippen LogP contribution in [0.2, 0.25) is 0 Å². The number of piperazine rings is 1. The van der Waals surface area contributed by atoms with Gasteiger partial charge in [-0.1, -0.05) is 0 Å². The van der Waals surface area contributed by atoms with E-state index < -0.39 is 23.8 Å². The number of carboxylic acid groups (broad SMARTS) is 1. The number of anilines is 1. The van der Waals surface area contributed by atoms with Gasteiger partial charge < -0.3 is 20.5 Å². The molecule has 0 aliphatic carbocycles. The summed E-state index contributed by atoms with van der Waals surface area (Å²) in [5.74, 6) is -0.905. The van der Waals surface area contributed by atoms with Gasteiger partial charge in [0.25, 0.3) is 0 Å². The van der Waals surface area contributed by atoms with Crippen LogP contribution in [0.15, 0.2) is 12.1 Å². The molecule has 1 amide bonds. The molecule has 1 aliphatic rings. The van der Waals surface area contributed by atoms with Gasteiger partial charge in [0.1, 0.15) is 0 Å². The quantitative estimate of drug-likeness (QED) is 0.619. The predicted octanol–water partition coefficient (Wildman–Crippen LogP) is 2.26. The molecule has 7 nitrogen and oxygen atoms in total. The molecule has 0 atom stereocenters. The molecular formula is C16H20F3N3O4. The van der Waals surface area contributed by atoms with E-state index >= 15 is 0 Å². The van der Waals surface area contributed by atoms with Crippen LogP contribution in [0.4, 0.5) is 23.7 Å². The number of hydrogen-bond acceptors (Lipinski definition) is 5. The number of nitrogens with two attached hydrogens (primary N) is 1. The van der Waals surface area contributed by atoms with Crippen LogP contribution in [0.5, 0.6) is 0 Å². The molecule has 0 radical (unpaired) electrons. The van der Waals surface area contributed by atoms with Crippen molar-refractivity contribution in [1.82, 2.24) is 9.80 Å². The highest BCUT2D eigenvalue weighted by Gasteiger charge is 2.35. The molecule has 26 heavy (non-hydrogen) atoms. The van der Waals surface area contributed by atoms with Gasteiger partial charge in [0.15, 0.2) is 0 Å². The molecule has 0 spiro atoms. The fourth-order valence-corrected chi connectivity index (χ4v) is 2.78. The Hall–Kier alpha value is -2.49. The Balaban J connectivity index is 2.26.